The molecule has 1 aromatic carbocycles. The minimum Gasteiger partial charge on any atom is -0.497 e. The molecule has 1 aromatic rings. The molecule has 1 heterocycles. The molecule has 3 aliphatic carbocycles. The van der Waals surface area contributed by atoms with Crippen LogP contribution in [0.25, 0.3) is 0 Å². The topological polar surface area (TPSA) is 27.7 Å². The van der Waals surface area contributed by atoms with Gasteiger partial charge in [-0.25, -0.2) is 0 Å². The smallest absolute Gasteiger partial charge is 0.192 e. The van der Waals surface area contributed by atoms with E-state index in [-0.39, 0.29) is 11.5 Å². The number of rotatable bonds is 2. The summed E-state index contributed by atoms with van der Waals surface area (Å²) in [4.78, 5) is 0. The van der Waals surface area contributed by atoms with Crippen molar-refractivity contribution < 1.29 is 12.5 Å². The summed E-state index contributed by atoms with van der Waals surface area (Å²) in [7, 11) is 1.74. The second-order valence-corrected chi connectivity index (χ2v) is 7.10. The molecule has 4 aliphatic rings. The average molecular weight is 408 g/mol. The fraction of sp³-hybridized carbons (Fsp3) is 0.444. The van der Waals surface area contributed by atoms with E-state index in [2.05, 4.69) is 24.3 Å². The van der Waals surface area contributed by atoms with E-state index in [0.29, 0.717) is 5.92 Å². The van der Waals surface area contributed by atoms with Crippen LogP contribution in [-0.4, -0.2) is 13.2 Å². The van der Waals surface area contributed by atoms with Crippen molar-refractivity contribution in [1.29, 1.82) is 0 Å². The van der Waals surface area contributed by atoms with Crippen LogP contribution in [0.5, 0.6) is 11.5 Å². The van der Waals surface area contributed by atoms with Gasteiger partial charge in [-0.05, 0) is 42.9 Å². The first-order chi connectivity index (χ1) is 10.8. The molecule has 3 nitrogen and oxygen atoms in total. The van der Waals surface area contributed by atoms with Crippen molar-refractivity contribution in [2.24, 2.45) is 5.92 Å². The third kappa shape index (κ3) is 1.38. The van der Waals surface area contributed by atoms with Crippen LogP contribution < -0.4 is 7.80 Å². The number of hydrogen-bond donors (Lipinski definition) is 0. The summed E-state index contributed by atoms with van der Waals surface area (Å²) in [6.45, 7) is 0. The summed E-state index contributed by atoms with van der Waals surface area (Å²) in [6.07, 6.45) is 9.20. The molecule has 1 saturated carbocycles. The number of hydrogen-bond acceptors (Lipinski definition) is 3. The van der Waals surface area contributed by atoms with Gasteiger partial charge in [0.05, 0.1) is 12.5 Å². The summed E-state index contributed by atoms with van der Waals surface area (Å²) >= 11 is 1.94. The summed E-state index contributed by atoms with van der Waals surface area (Å²) in [5.41, 5.74) is 4.35. The zero-order chi connectivity index (χ0) is 14.9. The first-order valence-corrected chi connectivity index (χ1v) is 8.75. The van der Waals surface area contributed by atoms with Gasteiger partial charge in [-0.1, -0.05) is 24.1 Å². The van der Waals surface area contributed by atoms with Gasteiger partial charge >= 0.3 is 0 Å². The van der Waals surface area contributed by atoms with Crippen LogP contribution in [0.2, 0.25) is 0 Å². The summed E-state index contributed by atoms with van der Waals surface area (Å²) in [5.74, 6) is 3.36. The Morgan fingerprint density at radius 3 is 3.05 bits per heavy atom. The fourth-order valence-electron chi connectivity index (χ4n) is 5.13. The quantitative estimate of drug-likeness (QED) is 0.686. The lowest BCUT2D eigenvalue weighted by atomic mass is 9.53. The van der Waals surface area contributed by atoms with Crippen molar-refractivity contribution in [3.05, 3.63) is 46.7 Å². The molecule has 1 fully saturated rings. The Kier molecular flexibility index (Phi) is 2.68. The fourth-order valence-corrected chi connectivity index (χ4v) is 5.48. The Bertz CT molecular complexity index is 736. The maximum atomic E-state index is 6.44. The van der Waals surface area contributed by atoms with Crippen molar-refractivity contribution in [2.45, 2.75) is 37.2 Å². The van der Waals surface area contributed by atoms with E-state index in [9.17, 15) is 0 Å². The highest BCUT2D eigenvalue weighted by Crippen LogP contribution is 2.64. The lowest BCUT2D eigenvalue weighted by Gasteiger charge is -2.49. The molecule has 0 radical (unpaired) electrons. The lowest BCUT2D eigenvalue weighted by Crippen LogP contribution is -2.50. The van der Waals surface area contributed by atoms with Gasteiger partial charge in [0.25, 0.3) is 0 Å². The highest BCUT2D eigenvalue weighted by molar-refractivity contribution is 14.1. The largest absolute Gasteiger partial charge is 0.497 e. The number of benzene rings is 1. The lowest BCUT2D eigenvalue weighted by molar-refractivity contribution is 0.0955. The van der Waals surface area contributed by atoms with Crippen molar-refractivity contribution in [3.8, 4) is 11.5 Å². The molecule has 114 valence electrons. The van der Waals surface area contributed by atoms with E-state index in [1.165, 1.54) is 24.0 Å². The van der Waals surface area contributed by atoms with Gasteiger partial charge in [-0.3, -0.25) is 0 Å². The monoisotopic (exact) mass is 408 g/mol. The van der Waals surface area contributed by atoms with Gasteiger partial charge in [-0.2, -0.15) is 0 Å². The molecule has 22 heavy (non-hydrogen) atoms. The van der Waals surface area contributed by atoms with E-state index < -0.39 is 0 Å². The van der Waals surface area contributed by atoms with Crippen LogP contribution in [0.3, 0.4) is 0 Å². The highest BCUT2D eigenvalue weighted by atomic mass is 127. The van der Waals surface area contributed by atoms with Crippen molar-refractivity contribution in [3.63, 3.8) is 0 Å². The summed E-state index contributed by atoms with van der Waals surface area (Å²) < 4.78 is 17.6. The zero-order valence-electron chi connectivity index (χ0n) is 12.4. The molecule has 0 amide bonds. The second-order valence-electron chi connectivity index (χ2n) is 6.66. The van der Waals surface area contributed by atoms with Crippen LogP contribution in [0.15, 0.2) is 35.6 Å². The molecule has 1 aliphatic heterocycles. The van der Waals surface area contributed by atoms with Gasteiger partial charge in [-0.15, -0.1) is 0 Å². The first-order valence-electron chi connectivity index (χ1n) is 7.87. The van der Waals surface area contributed by atoms with Gasteiger partial charge < -0.3 is 12.5 Å². The molecule has 4 heteroatoms. The molecular formula is C18H17IO3. The first kappa shape index (κ1) is 13.3. The molecule has 3 atom stereocenters. The Hall–Kier alpha value is -1.17. The number of allylic oxidation sites excluding steroid dienone is 2. The molecule has 2 bridgehead atoms. The number of ether oxygens (including phenoxy) is 2. The third-order valence-corrected chi connectivity index (χ3v) is 6.36. The standard InChI is InChI=1S/C18H17IO3/c1-20-14-7-5-12-10-3-2-8-18(12)15-11(9-10)4-6-13(22-19)16(15)21-17(14)18/h4-7,10,17H,2-3,8-9H2,1H3/t10-,17?,18+/m1/s1. The SMILES string of the molecule is COC1=CC=C2[C@@H]3CCC[C@@]24c2c(ccc(OI)c2OC14)C3. The third-order valence-electron chi connectivity index (χ3n) is 5.89. The van der Waals surface area contributed by atoms with Crippen molar-refractivity contribution in [2.75, 3.05) is 7.11 Å². The van der Waals surface area contributed by atoms with Gasteiger partial charge in [0.15, 0.2) is 40.6 Å². The Balaban J connectivity index is 1.85. The maximum absolute atomic E-state index is 6.44. The highest BCUT2D eigenvalue weighted by Gasteiger charge is 2.60. The van der Waals surface area contributed by atoms with Crippen molar-refractivity contribution >= 4 is 23.0 Å². The molecule has 0 aromatic heterocycles. The normalized spacial score (nSPS) is 33.4. The molecular weight excluding hydrogens is 391 g/mol. The predicted molar refractivity (Wildman–Crippen MR) is 91.4 cm³/mol. The molecule has 5 rings (SSSR count). The van der Waals surface area contributed by atoms with Gasteiger partial charge in [0.1, 0.15) is 5.76 Å². The maximum Gasteiger partial charge on any atom is 0.192 e. The zero-order valence-corrected chi connectivity index (χ0v) is 14.6. The van der Waals surface area contributed by atoms with Crippen molar-refractivity contribution in [1.82, 2.24) is 0 Å². The molecule has 0 saturated heterocycles. The molecule has 0 N–H and O–H groups in total. The Morgan fingerprint density at radius 2 is 2.23 bits per heavy atom. The van der Waals surface area contributed by atoms with Crippen LogP contribution >= 0.6 is 23.0 Å². The minimum absolute atomic E-state index is 0.0168. The average Bonchev–Trinajstić information content (AvgIpc) is 2.88. The van der Waals surface area contributed by atoms with Crippen LogP contribution in [0, 0.1) is 5.92 Å². The van der Waals surface area contributed by atoms with E-state index >= 15 is 0 Å². The van der Waals surface area contributed by atoms with E-state index in [0.717, 1.165) is 30.1 Å². The van der Waals surface area contributed by atoms with Crippen LogP contribution in [-0.2, 0) is 16.6 Å². The number of halogens is 1. The molecule has 1 unspecified atom stereocenters. The van der Waals surface area contributed by atoms with E-state index in [1.54, 1.807) is 12.7 Å². The Morgan fingerprint density at radius 1 is 1.32 bits per heavy atom. The molecule has 1 spiro atoms. The summed E-state index contributed by atoms with van der Waals surface area (Å²) in [6, 6.07) is 4.29. The summed E-state index contributed by atoms with van der Waals surface area (Å²) in [5, 5.41) is 0. The number of methoxy groups -OCH3 is 1. The van der Waals surface area contributed by atoms with Gasteiger partial charge in [0.2, 0.25) is 0 Å². The minimum atomic E-state index is -0.0259. The van der Waals surface area contributed by atoms with E-state index in [1.807, 2.05) is 23.0 Å². The predicted octanol–water partition coefficient (Wildman–Crippen LogP) is 4.24. The second kappa shape index (κ2) is 4.43. The van der Waals surface area contributed by atoms with E-state index in [4.69, 9.17) is 12.5 Å². The van der Waals surface area contributed by atoms with Crippen LogP contribution in [0.4, 0.5) is 0 Å². The van der Waals surface area contributed by atoms with Crippen LogP contribution in [0.1, 0.15) is 30.4 Å². The van der Waals surface area contributed by atoms with Gasteiger partial charge in [0, 0.05) is 5.56 Å². The Labute approximate surface area is 144 Å².